The van der Waals surface area contributed by atoms with Gasteiger partial charge in [-0.3, -0.25) is 9.59 Å². The second-order valence-electron chi connectivity index (χ2n) is 4.54. The minimum absolute atomic E-state index is 0.00144. The van der Waals surface area contributed by atoms with Crippen LogP contribution >= 0.6 is 0 Å². The Labute approximate surface area is 92.2 Å². The summed E-state index contributed by atoms with van der Waals surface area (Å²) in [6.07, 6.45) is 0.446. The van der Waals surface area contributed by atoms with Crippen molar-refractivity contribution in [3.05, 3.63) is 0 Å². The van der Waals surface area contributed by atoms with Crippen LogP contribution in [0.2, 0.25) is 0 Å². The molecule has 0 saturated carbocycles. The Balaban J connectivity index is 4.52. The van der Waals surface area contributed by atoms with E-state index in [9.17, 15) is 9.59 Å². The molecule has 0 aromatic heterocycles. The van der Waals surface area contributed by atoms with E-state index in [0.29, 0.717) is 13.0 Å². The Morgan fingerprint density at radius 2 is 1.67 bits per heavy atom. The van der Waals surface area contributed by atoms with Crippen LogP contribution in [0.1, 0.15) is 41.0 Å². The van der Waals surface area contributed by atoms with Gasteiger partial charge < -0.3 is 4.74 Å². The number of esters is 1. The van der Waals surface area contributed by atoms with Crippen molar-refractivity contribution in [2.45, 2.75) is 41.0 Å². The Bertz CT molecular complexity index is 219. The van der Waals surface area contributed by atoms with Crippen molar-refractivity contribution >= 4 is 11.8 Å². The molecular weight excluding hydrogens is 192 g/mol. The van der Waals surface area contributed by atoms with E-state index in [1.165, 1.54) is 0 Å². The number of hydrogen-bond acceptors (Lipinski definition) is 3. The molecule has 0 radical (unpaired) electrons. The van der Waals surface area contributed by atoms with E-state index in [4.69, 9.17) is 4.74 Å². The van der Waals surface area contributed by atoms with Crippen LogP contribution in [0.3, 0.4) is 0 Å². The summed E-state index contributed by atoms with van der Waals surface area (Å²) >= 11 is 0. The summed E-state index contributed by atoms with van der Waals surface area (Å²) in [6.45, 7) is 9.78. The van der Waals surface area contributed by atoms with Crippen LogP contribution in [0.4, 0.5) is 0 Å². The normalized spacial score (nSPS) is 13.0. The Morgan fingerprint density at radius 1 is 1.13 bits per heavy atom. The highest BCUT2D eigenvalue weighted by atomic mass is 16.5. The zero-order valence-electron chi connectivity index (χ0n) is 10.4. The smallest absolute Gasteiger partial charge is 0.316 e. The maximum absolute atomic E-state index is 11.8. The minimum atomic E-state index is -0.590. The number of hydrogen-bond donors (Lipinski definition) is 0. The first kappa shape index (κ1) is 14.1. The SMILES string of the molecule is CCOC(=O)[C@@H](C(=O)CC(C)C)C(C)C. The fraction of sp³-hybridized carbons (Fsp3) is 0.833. The maximum atomic E-state index is 11.8. The third kappa shape index (κ3) is 4.96. The van der Waals surface area contributed by atoms with Gasteiger partial charge in [0.2, 0.25) is 0 Å². The molecule has 0 heterocycles. The molecule has 0 N–H and O–H groups in total. The fourth-order valence-corrected chi connectivity index (χ4v) is 1.54. The molecule has 0 aliphatic rings. The highest BCUT2D eigenvalue weighted by Crippen LogP contribution is 2.18. The monoisotopic (exact) mass is 214 g/mol. The van der Waals surface area contributed by atoms with Gasteiger partial charge in [0.15, 0.2) is 0 Å². The summed E-state index contributed by atoms with van der Waals surface area (Å²) in [5, 5.41) is 0. The van der Waals surface area contributed by atoms with Gasteiger partial charge in [0.1, 0.15) is 11.7 Å². The van der Waals surface area contributed by atoms with Gasteiger partial charge in [-0.05, 0) is 18.8 Å². The number of carbonyl (C=O) groups excluding carboxylic acids is 2. The zero-order chi connectivity index (χ0) is 12.0. The molecule has 0 aliphatic carbocycles. The first-order valence-electron chi connectivity index (χ1n) is 5.59. The van der Waals surface area contributed by atoms with E-state index in [2.05, 4.69) is 0 Å². The van der Waals surface area contributed by atoms with Crippen LogP contribution < -0.4 is 0 Å². The zero-order valence-corrected chi connectivity index (χ0v) is 10.4. The average Bonchev–Trinajstić information content (AvgIpc) is 2.01. The van der Waals surface area contributed by atoms with Crippen molar-refractivity contribution in [1.82, 2.24) is 0 Å². The van der Waals surface area contributed by atoms with Crippen molar-refractivity contribution in [3.63, 3.8) is 0 Å². The average molecular weight is 214 g/mol. The maximum Gasteiger partial charge on any atom is 0.316 e. The third-order valence-electron chi connectivity index (χ3n) is 2.16. The molecule has 1 atom stereocenters. The van der Waals surface area contributed by atoms with Crippen LogP contribution in [0.5, 0.6) is 0 Å². The van der Waals surface area contributed by atoms with E-state index < -0.39 is 5.92 Å². The number of carbonyl (C=O) groups is 2. The van der Waals surface area contributed by atoms with Crippen molar-refractivity contribution in [3.8, 4) is 0 Å². The summed E-state index contributed by atoms with van der Waals surface area (Å²) < 4.78 is 4.91. The number of ether oxygens (including phenoxy) is 1. The first-order valence-corrected chi connectivity index (χ1v) is 5.59. The van der Waals surface area contributed by atoms with Crippen LogP contribution in [-0.2, 0) is 14.3 Å². The van der Waals surface area contributed by atoms with Gasteiger partial charge in [-0.1, -0.05) is 27.7 Å². The minimum Gasteiger partial charge on any atom is -0.465 e. The molecule has 0 rings (SSSR count). The van der Waals surface area contributed by atoms with E-state index >= 15 is 0 Å². The highest BCUT2D eigenvalue weighted by molar-refractivity contribution is 5.99. The van der Waals surface area contributed by atoms with Crippen molar-refractivity contribution in [2.24, 2.45) is 17.8 Å². The largest absolute Gasteiger partial charge is 0.465 e. The lowest BCUT2D eigenvalue weighted by Gasteiger charge is -2.18. The Morgan fingerprint density at radius 3 is 2.00 bits per heavy atom. The number of rotatable bonds is 6. The summed E-state index contributed by atoms with van der Waals surface area (Å²) in [6, 6.07) is 0. The molecule has 0 unspecified atom stereocenters. The second kappa shape index (κ2) is 6.59. The summed E-state index contributed by atoms with van der Waals surface area (Å²) in [4.78, 5) is 23.4. The molecule has 3 nitrogen and oxygen atoms in total. The van der Waals surface area contributed by atoms with E-state index in [1.54, 1.807) is 6.92 Å². The first-order chi connectivity index (χ1) is 6.90. The molecule has 15 heavy (non-hydrogen) atoms. The molecule has 0 fully saturated rings. The van der Waals surface area contributed by atoms with Crippen molar-refractivity contribution in [2.75, 3.05) is 6.61 Å². The third-order valence-corrected chi connectivity index (χ3v) is 2.16. The predicted molar refractivity (Wildman–Crippen MR) is 59.4 cm³/mol. The molecule has 0 spiro atoms. The molecular formula is C12H22O3. The van der Waals surface area contributed by atoms with Gasteiger partial charge in [-0.15, -0.1) is 0 Å². The Kier molecular flexibility index (Phi) is 6.21. The molecule has 88 valence electrons. The standard InChI is InChI=1S/C12H22O3/c1-6-15-12(14)11(9(4)5)10(13)7-8(2)3/h8-9,11H,6-7H2,1-5H3/t11-/m1/s1. The lowest BCUT2D eigenvalue weighted by atomic mass is 9.87. The Hall–Kier alpha value is -0.860. The van der Waals surface area contributed by atoms with E-state index in [0.717, 1.165) is 0 Å². The summed E-state index contributed by atoms with van der Waals surface area (Å²) in [5.74, 6) is -0.674. The van der Waals surface area contributed by atoms with E-state index in [-0.39, 0.29) is 23.6 Å². The number of Topliss-reactive ketones (excluding diaryl/α,β-unsaturated/α-hetero) is 1. The highest BCUT2D eigenvalue weighted by Gasteiger charge is 2.30. The molecule has 0 aromatic carbocycles. The van der Waals surface area contributed by atoms with E-state index in [1.807, 2.05) is 27.7 Å². The van der Waals surface area contributed by atoms with Gasteiger partial charge in [-0.2, -0.15) is 0 Å². The van der Waals surface area contributed by atoms with Crippen LogP contribution in [0.15, 0.2) is 0 Å². The van der Waals surface area contributed by atoms with Crippen LogP contribution in [0.25, 0.3) is 0 Å². The lowest BCUT2D eigenvalue weighted by Crippen LogP contribution is -2.31. The fourth-order valence-electron chi connectivity index (χ4n) is 1.54. The summed E-state index contributed by atoms with van der Waals surface area (Å²) in [7, 11) is 0. The lowest BCUT2D eigenvalue weighted by molar-refractivity contribution is -0.153. The molecule has 0 bridgehead atoms. The van der Waals surface area contributed by atoms with Crippen molar-refractivity contribution in [1.29, 1.82) is 0 Å². The van der Waals surface area contributed by atoms with Crippen LogP contribution in [0, 0.1) is 17.8 Å². The second-order valence-corrected chi connectivity index (χ2v) is 4.54. The molecule has 3 heteroatoms. The van der Waals surface area contributed by atoms with Crippen molar-refractivity contribution < 1.29 is 14.3 Å². The predicted octanol–water partition coefficient (Wildman–Crippen LogP) is 2.44. The number of ketones is 1. The molecule has 0 aromatic rings. The van der Waals surface area contributed by atoms with Gasteiger partial charge in [0.05, 0.1) is 6.61 Å². The molecule has 0 aliphatic heterocycles. The molecule has 0 saturated heterocycles. The van der Waals surface area contributed by atoms with Gasteiger partial charge in [-0.25, -0.2) is 0 Å². The van der Waals surface area contributed by atoms with Gasteiger partial charge in [0.25, 0.3) is 0 Å². The molecule has 0 amide bonds. The van der Waals surface area contributed by atoms with Gasteiger partial charge in [0, 0.05) is 6.42 Å². The summed E-state index contributed by atoms with van der Waals surface area (Å²) in [5.41, 5.74) is 0. The topological polar surface area (TPSA) is 43.4 Å². The quantitative estimate of drug-likeness (QED) is 0.504. The van der Waals surface area contributed by atoms with Crippen LogP contribution in [-0.4, -0.2) is 18.4 Å². The van der Waals surface area contributed by atoms with Gasteiger partial charge >= 0.3 is 5.97 Å².